The zero-order valence-corrected chi connectivity index (χ0v) is 18.2. The molecular weight excluding hydrogens is 433 g/mol. The van der Waals surface area contributed by atoms with Crippen LogP contribution in [0.4, 0.5) is 10.1 Å². The Kier molecular flexibility index (Phi) is 5.67. The van der Waals surface area contributed by atoms with Gasteiger partial charge in [-0.05, 0) is 54.9 Å². The first-order chi connectivity index (χ1) is 15.5. The first-order valence-corrected chi connectivity index (χ1v) is 11.4. The average molecular weight is 458 g/mol. The molecule has 0 aromatic heterocycles. The van der Waals surface area contributed by atoms with E-state index in [1.54, 1.807) is 0 Å². The van der Waals surface area contributed by atoms with E-state index in [-0.39, 0.29) is 47.2 Å². The van der Waals surface area contributed by atoms with Crippen molar-refractivity contribution in [1.29, 1.82) is 0 Å². The largest absolute Gasteiger partial charge is 0.484 e. The number of hydrogen-bond acceptors (Lipinski definition) is 4. The summed E-state index contributed by atoms with van der Waals surface area (Å²) in [6, 6.07) is 12.0. The number of carbonyl (C=O) groups excluding carboxylic acids is 2. The summed E-state index contributed by atoms with van der Waals surface area (Å²) in [7, 11) is 0. The molecule has 3 aliphatic carbocycles. The van der Waals surface area contributed by atoms with E-state index < -0.39 is 5.82 Å². The van der Waals surface area contributed by atoms with E-state index in [0.29, 0.717) is 24.8 Å². The maximum Gasteiger partial charge on any atom is 0.258 e. The molecule has 2 aromatic rings. The number of hydrogen-bond donors (Lipinski definition) is 3. The van der Waals surface area contributed by atoms with Crippen LogP contribution in [0.2, 0.25) is 5.02 Å². The van der Waals surface area contributed by atoms with E-state index in [2.05, 4.69) is 16.0 Å². The van der Waals surface area contributed by atoms with Crippen LogP contribution in [0.1, 0.15) is 30.7 Å². The van der Waals surface area contributed by atoms with Crippen molar-refractivity contribution < 1.29 is 18.7 Å². The summed E-state index contributed by atoms with van der Waals surface area (Å²) < 4.78 is 18.9. The maximum absolute atomic E-state index is 13.5. The number of benzene rings is 2. The Labute approximate surface area is 190 Å². The molecule has 0 radical (unpaired) electrons. The fraction of sp³-hybridized carbons (Fsp3) is 0.417. The van der Waals surface area contributed by atoms with Gasteiger partial charge < -0.3 is 20.7 Å². The van der Waals surface area contributed by atoms with Crippen molar-refractivity contribution in [3.05, 3.63) is 58.9 Å². The van der Waals surface area contributed by atoms with Crippen molar-refractivity contribution in [2.45, 2.75) is 37.3 Å². The highest BCUT2D eigenvalue weighted by Crippen LogP contribution is 2.46. The standard InChI is InChI=1S/C24H25ClFN3O3/c25-18-6-5-15(9-19(18)26)32-12-23(30)28-21-10-22(14-7-13(21)8-14)29-24(31)17-11-27-20-4-2-1-3-16(17)20/h1-6,9,13-14,17,21-22,27H,7-8,10-12H2,(H,28,30)(H,29,31). The van der Waals surface area contributed by atoms with Crippen LogP contribution in [0.25, 0.3) is 0 Å². The minimum Gasteiger partial charge on any atom is -0.484 e. The summed E-state index contributed by atoms with van der Waals surface area (Å²) in [6.07, 6.45) is 2.71. The number of ether oxygens (including phenoxy) is 1. The molecule has 0 spiro atoms. The lowest BCUT2D eigenvalue weighted by atomic mass is 9.60. The van der Waals surface area contributed by atoms with Gasteiger partial charge in [-0.1, -0.05) is 29.8 Å². The molecular formula is C24H25ClFN3O3. The molecule has 3 atom stereocenters. The minimum atomic E-state index is -0.587. The van der Waals surface area contributed by atoms with E-state index in [9.17, 15) is 14.0 Å². The molecule has 0 saturated heterocycles. The monoisotopic (exact) mass is 457 g/mol. The lowest BCUT2D eigenvalue weighted by Crippen LogP contribution is -2.60. The summed E-state index contributed by atoms with van der Waals surface area (Å²) in [5, 5.41) is 9.59. The molecule has 32 heavy (non-hydrogen) atoms. The molecule has 2 bridgehead atoms. The summed E-state index contributed by atoms with van der Waals surface area (Å²) in [5.74, 6) is 0.158. The predicted molar refractivity (Wildman–Crippen MR) is 119 cm³/mol. The highest BCUT2D eigenvalue weighted by atomic mass is 35.5. The van der Waals surface area contributed by atoms with Crippen LogP contribution >= 0.6 is 11.6 Å². The van der Waals surface area contributed by atoms with Crippen molar-refractivity contribution in [2.24, 2.45) is 11.8 Å². The van der Waals surface area contributed by atoms with Gasteiger partial charge in [0, 0.05) is 30.4 Å². The molecule has 6 rings (SSSR count). The van der Waals surface area contributed by atoms with Gasteiger partial charge in [0.25, 0.3) is 5.91 Å². The van der Waals surface area contributed by atoms with Gasteiger partial charge in [-0.25, -0.2) is 4.39 Å². The minimum absolute atomic E-state index is 0.00246. The van der Waals surface area contributed by atoms with E-state index in [0.717, 1.165) is 30.2 Å². The van der Waals surface area contributed by atoms with Gasteiger partial charge in [-0.3, -0.25) is 9.59 Å². The Morgan fingerprint density at radius 2 is 1.81 bits per heavy atom. The second kappa shape index (κ2) is 8.62. The number of fused-ring (bicyclic) bond motifs is 3. The SMILES string of the molecule is O=C(COc1ccc(Cl)c(F)c1)NC1CC(NC(=O)C2CNc3ccccc32)C2CC1C2. The second-order valence-electron chi connectivity index (χ2n) is 8.90. The number of rotatable bonds is 6. The third-order valence-electron chi connectivity index (χ3n) is 6.94. The van der Waals surface area contributed by atoms with Crippen molar-refractivity contribution >= 4 is 29.1 Å². The smallest absolute Gasteiger partial charge is 0.258 e. The molecule has 3 N–H and O–H groups in total. The highest BCUT2D eigenvalue weighted by molar-refractivity contribution is 6.30. The van der Waals surface area contributed by atoms with Crippen LogP contribution in [0.3, 0.4) is 0 Å². The van der Waals surface area contributed by atoms with Crippen LogP contribution in [0, 0.1) is 17.7 Å². The molecule has 6 nitrogen and oxygen atoms in total. The molecule has 4 aliphatic rings. The van der Waals surface area contributed by atoms with Crippen LogP contribution in [0.5, 0.6) is 5.75 Å². The summed E-state index contributed by atoms with van der Waals surface area (Å²) >= 11 is 5.67. The first-order valence-electron chi connectivity index (χ1n) is 11.0. The number of anilines is 1. The number of para-hydroxylation sites is 1. The highest BCUT2D eigenvalue weighted by Gasteiger charge is 2.47. The number of carbonyl (C=O) groups is 2. The molecule has 2 amide bonds. The Hall–Kier alpha value is -2.80. The van der Waals surface area contributed by atoms with Crippen molar-refractivity contribution in [3.8, 4) is 5.75 Å². The van der Waals surface area contributed by atoms with Gasteiger partial charge in [-0.2, -0.15) is 0 Å². The molecule has 1 aliphatic heterocycles. The lowest BCUT2D eigenvalue weighted by Gasteiger charge is -2.51. The molecule has 3 fully saturated rings. The molecule has 168 valence electrons. The normalized spacial score (nSPS) is 27.5. The fourth-order valence-electron chi connectivity index (χ4n) is 5.14. The summed E-state index contributed by atoms with van der Waals surface area (Å²) in [6.45, 7) is 0.406. The van der Waals surface area contributed by atoms with Gasteiger partial charge in [0.1, 0.15) is 11.6 Å². The van der Waals surface area contributed by atoms with Crippen molar-refractivity contribution in [1.82, 2.24) is 10.6 Å². The Morgan fingerprint density at radius 1 is 1.06 bits per heavy atom. The molecule has 8 heteroatoms. The van der Waals surface area contributed by atoms with E-state index in [4.69, 9.17) is 16.3 Å². The van der Waals surface area contributed by atoms with Gasteiger partial charge >= 0.3 is 0 Å². The third kappa shape index (κ3) is 4.13. The van der Waals surface area contributed by atoms with Gasteiger partial charge in [0.2, 0.25) is 5.91 Å². The second-order valence-corrected chi connectivity index (χ2v) is 9.31. The van der Waals surface area contributed by atoms with E-state index >= 15 is 0 Å². The van der Waals surface area contributed by atoms with Crippen molar-refractivity contribution in [3.63, 3.8) is 0 Å². The number of nitrogens with one attached hydrogen (secondary N) is 3. The van der Waals surface area contributed by atoms with Gasteiger partial charge in [0.05, 0.1) is 10.9 Å². The predicted octanol–water partition coefficient (Wildman–Crippen LogP) is 3.47. The zero-order chi connectivity index (χ0) is 22.2. The Morgan fingerprint density at radius 3 is 2.59 bits per heavy atom. The van der Waals surface area contributed by atoms with Crippen LogP contribution < -0.4 is 20.7 Å². The fourth-order valence-corrected chi connectivity index (χ4v) is 5.26. The number of amides is 2. The third-order valence-corrected chi connectivity index (χ3v) is 7.25. The molecule has 1 heterocycles. The first kappa shape index (κ1) is 21.1. The quantitative estimate of drug-likeness (QED) is 0.620. The average Bonchev–Trinajstić information content (AvgIpc) is 3.18. The van der Waals surface area contributed by atoms with Crippen LogP contribution in [0.15, 0.2) is 42.5 Å². The lowest BCUT2D eigenvalue weighted by molar-refractivity contribution is -0.126. The van der Waals surface area contributed by atoms with E-state index in [1.807, 2.05) is 24.3 Å². The maximum atomic E-state index is 13.5. The van der Waals surface area contributed by atoms with Crippen LogP contribution in [-0.2, 0) is 9.59 Å². The topological polar surface area (TPSA) is 79.5 Å². The van der Waals surface area contributed by atoms with Crippen molar-refractivity contribution in [2.75, 3.05) is 18.5 Å². The summed E-state index contributed by atoms with van der Waals surface area (Å²) in [5.41, 5.74) is 2.05. The zero-order valence-electron chi connectivity index (χ0n) is 17.4. The van der Waals surface area contributed by atoms with E-state index in [1.165, 1.54) is 12.1 Å². The van der Waals surface area contributed by atoms with Gasteiger partial charge in [-0.15, -0.1) is 0 Å². The summed E-state index contributed by atoms with van der Waals surface area (Å²) in [4.78, 5) is 25.4. The molecule has 3 saturated carbocycles. The Bertz CT molecular complexity index is 1040. The number of halogens is 2. The molecule has 2 aromatic carbocycles. The van der Waals surface area contributed by atoms with Gasteiger partial charge in [0.15, 0.2) is 6.61 Å². The Balaban J connectivity index is 1.14. The molecule has 3 unspecified atom stereocenters. The van der Waals surface area contributed by atoms with Crippen LogP contribution in [-0.4, -0.2) is 37.0 Å².